The third-order valence-corrected chi connectivity index (χ3v) is 3.01. The first kappa shape index (κ1) is 10.9. The van der Waals surface area contributed by atoms with Gasteiger partial charge in [-0.25, -0.2) is 0 Å². The standard InChI is InChI=1S/C11H14N2O3/c1-8(11(16)12-6-2-3-7-12)13-9(14)4-5-10(13)15/h4-5,8H,2-3,6-7H2,1H3. The molecule has 86 valence electrons. The van der Waals surface area contributed by atoms with Crippen LogP contribution in [0.1, 0.15) is 19.8 Å². The molecule has 2 rings (SSSR count). The summed E-state index contributed by atoms with van der Waals surface area (Å²) < 4.78 is 0. The average molecular weight is 222 g/mol. The van der Waals surface area contributed by atoms with Crippen molar-refractivity contribution in [1.82, 2.24) is 9.80 Å². The molecule has 0 radical (unpaired) electrons. The van der Waals surface area contributed by atoms with Gasteiger partial charge in [-0.15, -0.1) is 0 Å². The molecule has 2 aliphatic heterocycles. The maximum Gasteiger partial charge on any atom is 0.254 e. The second-order valence-corrected chi connectivity index (χ2v) is 4.09. The minimum Gasteiger partial charge on any atom is -0.341 e. The van der Waals surface area contributed by atoms with E-state index in [0.29, 0.717) is 0 Å². The number of imide groups is 1. The van der Waals surface area contributed by atoms with E-state index in [1.165, 1.54) is 12.2 Å². The van der Waals surface area contributed by atoms with Crippen molar-refractivity contribution in [3.8, 4) is 0 Å². The van der Waals surface area contributed by atoms with E-state index in [0.717, 1.165) is 30.8 Å². The van der Waals surface area contributed by atoms with Crippen LogP contribution in [0.5, 0.6) is 0 Å². The van der Waals surface area contributed by atoms with Crippen LogP contribution in [0.2, 0.25) is 0 Å². The van der Waals surface area contributed by atoms with Crippen LogP contribution in [-0.4, -0.2) is 46.7 Å². The van der Waals surface area contributed by atoms with Gasteiger partial charge in [-0.2, -0.15) is 0 Å². The van der Waals surface area contributed by atoms with Crippen LogP contribution in [0, 0.1) is 0 Å². The van der Waals surface area contributed by atoms with Crippen molar-refractivity contribution >= 4 is 17.7 Å². The second-order valence-electron chi connectivity index (χ2n) is 4.09. The maximum atomic E-state index is 12.0. The van der Waals surface area contributed by atoms with E-state index >= 15 is 0 Å². The van der Waals surface area contributed by atoms with Crippen LogP contribution < -0.4 is 0 Å². The summed E-state index contributed by atoms with van der Waals surface area (Å²) in [7, 11) is 0. The summed E-state index contributed by atoms with van der Waals surface area (Å²) in [6.07, 6.45) is 4.41. The van der Waals surface area contributed by atoms with Crippen LogP contribution in [0.15, 0.2) is 12.2 Å². The first-order valence-electron chi connectivity index (χ1n) is 5.45. The van der Waals surface area contributed by atoms with Gasteiger partial charge in [-0.3, -0.25) is 19.3 Å². The summed E-state index contributed by atoms with van der Waals surface area (Å²) in [6, 6.07) is -0.687. The van der Waals surface area contributed by atoms with E-state index in [-0.39, 0.29) is 5.91 Å². The second kappa shape index (κ2) is 4.08. The Balaban J connectivity index is 2.06. The van der Waals surface area contributed by atoms with E-state index in [1.807, 2.05) is 0 Å². The molecule has 0 aromatic rings. The lowest BCUT2D eigenvalue weighted by molar-refractivity contribution is -0.148. The zero-order valence-electron chi connectivity index (χ0n) is 9.18. The van der Waals surface area contributed by atoms with Crippen LogP contribution in [-0.2, 0) is 14.4 Å². The van der Waals surface area contributed by atoms with Crippen molar-refractivity contribution in [3.63, 3.8) is 0 Å². The molecular weight excluding hydrogens is 208 g/mol. The SMILES string of the molecule is CC(C(=O)N1CCCC1)N1C(=O)C=CC1=O. The Morgan fingerprint density at radius 3 is 2.19 bits per heavy atom. The molecular formula is C11H14N2O3. The number of likely N-dealkylation sites (tertiary alicyclic amines) is 1. The average Bonchev–Trinajstić information content (AvgIpc) is 2.87. The molecule has 16 heavy (non-hydrogen) atoms. The van der Waals surface area contributed by atoms with Crippen LogP contribution in [0.3, 0.4) is 0 Å². The first-order chi connectivity index (χ1) is 7.61. The number of amides is 3. The summed E-state index contributed by atoms with van der Waals surface area (Å²) in [5.74, 6) is -0.932. The molecule has 0 aliphatic carbocycles. The lowest BCUT2D eigenvalue weighted by Crippen LogP contribution is -2.48. The van der Waals surface area contributed by atoms with Gasteiger partial charge < -0.3 is 4.90 Å². The van der Waals surface area contributed by atoms with E-state index in [1.54, 1.807) is 11.8 Å². The number of carbonyl (C=O) groups is 3. The Morgan fingerprint density at radius 1 is 1.19 bits per heavy atom. The van der Waals surface area contributed by atoms with Crippen molar-refractivity contribution in [3.05, 3.63) is 12.2 Å². The number of hydrogen-bond acceptors (Lipinski definition) is 3. The topological polar surface area (TPSA) is 57.7 Å². The zero-order valence-corrected chi connectivity index (χ0v) is 9.18. The van der Waals surface area contributed by atoms with E-state index < -0.39 is 17.9 Å². The number of carbonyl (C=O) groups excluding carboxylic acids is 3. The molecule has 2 aliphatic rings. The molecule has 0 saturated carbocycles. The maximum absolute atomic E-state index is 12.0. The lowest BCUT2D eigenvalue weighted by atomic mass is 10.2. The van der Waals surface area contributed by atoms with Gasteiger partial charge in [0.25, 0.3) is 11.8 Å². The summed E-state index contributed by atoms with van der Waals surface area (Å²) in [4.78, 5) is 37.5. The minimum absolute atomic E-state index is 0.136. The number of rotatable bonds is 2. The molecule has 0 spiro atoms. The molecule has 5 nitrogen and oxygen atoms in total. The largest absolute Gasteiger partial charge is 0.341 e. The summed E-state index contributed by atoms with van der Waals surface area (Å²) in [5, 5.41) is 0. The fourth-order valence-corrected chi connectivity index (χ4v) is 2.11. The van der Waals surface area contributed by atoms with Crippen LogP contribution in [0.4, 0.5) is 0 Å². The Kier molecular flexibility index (Phi) is 2.77. The predicted molar refractivity (Wildman–Crippen MR) is 56.3 cm³/mol. The monoisotopic (exact) mass is 222 g/mol. The Labute approximate surface area is 93.7 Å². The van der Waals surface area contributed by atoms with Gasteiger partial charge in [0.1, 0.15) is 6.04 Å². The molecule has 1 fully saturated rings. The molecule has 1 unspecified atom stereocenters. The van der Waals surface area contributed by atoms with Crippen LogP contribution in [0.25, 0.3) is 0 Å². The third-order valence-electron chi connectivity index (χ3n) is 3.01. The van der Waals surface area contributed by atoms with Crippen molar-refractivity contribution in [2.45, 2.75) is 25.8 Å². The highest BCUT2D eigenvalue weighted by molar-refractivity contribution is 6.15. The summed E-state index contributed by atoms with van der Waals surface area (Å²) in [5.41, 5.74) is 0. The summed E-state index contributed by atoms with van der Waals surface area (Å²) >= 11 is 0. The molecule has 1 saturated heterocycles. The van der Waals surface area contributed by atoms with Crippen molar-refractivity contribution in [2.24, 2.45) is 0 Å². The van der Waals surface area contributed by atoms with E-state index in [4.69, 9.17) is 0 Å². The molecule has 1 atom stereocenters. The number of hydrogen-bond donors (Lipinski definition) is 0. The van der Waals surface area contributed by atoms with E-state index in [9.17, 15) is 14.4 Å². The fraction of sp³-hybridized carbons (Fsp3) is 0.545. The van der Waals surface area contributed by atoms with Gasteiger partial charge >= 0.3 is 0 Å². The smallest absolute Gasteiger partial charge is 0.254 e. The van der Waals surface area contributed by atoms with Crippen molar-refractivity contribution in [2.75, 3.05) is 13.1 Å². The molecule has 0 N–H and O–H groups in total. The van der Waals surface area contributed by atoms with Gasteiger partial charge in [0.2, 0.25) is 5.91 Å². The Bertz CT molecular complexity index is 351. The predicted octanol–water partition coefficient (Wildman–Crippen LogP) is -0.0777. The molecule has 2 heterocycles. The Hall–Kier alpha value is -1.65. The van der Waals surface area contributed by atoms with Gasteiger partial charge in [-0.1, -0.05) is 0 Å². The molecule has 0 aromatic carbocycles. The normalized spacial score (nSPS) is 22.1. The fourth-order valence-electron chi connectivity index (χ4n) is 2.11. The molecule has 3 amide bonds. The van der Waals surface area contributed by atoms with E-state index in [2.05, 4.69) is 0 Å². The summed E-state index contributed by atoms with van der Waals surface area (Å²) in [6.45, 7) is 3.06. The van der Waals surface area contributed by atoms with Gasteiger partial charge in [0.05, 0.1) is 0 Å². The highest BCUT2D eigenvalue weighted by Gasteiger charge is 2.35. The Morgan fingerprint density at radius 2 is 1.69 bits per heavy atom. The highest BCUT2D eigenvalue weighted by atomic mass is 16.2. The molecule has 0 bridgehead atoms. The van der Waals surface area contributed by atoms with Crippen molar-refractivity contribution < 1.29 is 14.4 Å². The molecule has 5 heteroatoms. The zero-order chi connectivity index (χ0) is 11.7. The van der Waals surface area contributed by atoms with Crippen molar-refractivity contribution in [1.29, 1.82) is 0 Å². The highest BCUT2D eigenvalue weighted by Crippen LogP contribution is 2.15. The van der Waals surface area contributed by atoms with Gasteiger partial charge in [-0.05, 0) is 19.8 Å². The quantitative estimate of drug-likeness (QED) is 0.614. The van der Waals surface area contributed by atoms with Gasteiger partial charge in [0.15, 0.2) is 0 Å². The number of nitrogens with zero attached hydrogens (tertiary/aromatic N) is 2. The first-order valence-corrected chi connectivity index (χ1v) is 5.45. The molecule has 0 aromatic heterocycles. The van der Waals surface area contributed by atoms with Crippen LogP contribution >= 0.6 is 0 Å². The lowest BCUT2D eigenvalue weighted by Gasteiger charge is -2.26. The van der Waals surface area contributed by atoms with Gasteiger partial charge in [0, 0.05) is 25.2 Å². The third kappa shape index (κ3) is 1.73. The minimum atomic E-state index is -0.687.